The van der Waals surface area contributed by atoms with Crippen LogP contribution in [0.2, 0.25) is 10.0 Å². The van der Waals surface area contributed by atoms with Crippen molar-refractivity contribution >= 4 is 28.9 Å². The molecule has 1 N–H and O–H groups in total. The summed E-state index contributed by atoms with van der Waals surface area (Å²) in [5.41, 5.74) is 1.08. The van der Waals surface area contributed by atoms with Crippen LogP contribution >= 0.6 is 23.2 Å². The summed E-state index contributed by atoms with van der Waals surface area (Å²) in [5, 5.41) is 3.96. The first-order chi connectivity index (χ1) is 9.38. The van der Waals surface area contributed by atoms with Gasteiger partial charge in [0.2, 0.25) is 0 Å². The van der Waals surface area contributed by atoms with E-state index in [1.807, 2.05) is 0 Å². The zero-order valence-corrected chi connectivity index (χ0v) is 12.5. The molecule has 0 amide bonds. The lowest BCUT2D eigenvalue weighted by Crippen LogP contribution is -2.09. The number of nitrogens with one attached hydrogen (secondary N) is 1. The minimum atomic E-state index is -0.506. The molecule has 0 fully saturated rings. The van der Waals surface area contributed by atoms with Crippen molar-refractivity contribution in [3.63, 3.8) is 0 Å². The molecule has 1 nitrogen and oxygen atoms in total. The molecule has 0 bridgehead atoms. The van der Waals surface area contributed by atoms with Crippen LogP contribution in [0.1, 0.15) is 24.1 Å². The van der Waals surface area contributed by atoms with Crippen LogP contribution in [0, 0.1) is 18.6 Å². The van der Waals surface area contributed by atoms with Gasteiger partial charge in [0.05, 0.1) is 11.7 Å². The molecule has 1 unspecified atom stereocenters. The van der Waals surface area contributed by atoms with E-state index in [0.717, 1.165) is 17.7 Å². The molecular formula is C15H13Cl2F2N. The van der Waals surface area contributed by atoms with E-state index in [9.17, 15) is 8.78 Å². The topological polar surface area (TPSA) is 12.0 Å². The second-order valence-electron chi connectivity index (χ2n) is 4.61. The number of hydrogen-bond acceptors (Lipinski definition) is 1. The van der Waals surface area contributed by atoms with Gasteiger partial charge in [-0.3, -0.25) is 0 Å². The Kier molecular flexibility index (Phi) is 4.51. The summed E-state index contributed by atoms with van der Waals surface area (Å²) in [6.45, 7) is 3.31. The lowest BCUT2D eigenvalue weighted by Gasteiger charge is -2.18. The minimum Gasteiger partial charge on any atom is -0.376 e. The molecular weight excluding hydrogens is 303 g/mol. The molecule has 2 aromatic rings. The Morgan fingerprint density at radius 2 is 1.75 bits per heavy atom. The van der Waals surface area contributed by atoms with Crippen molar-refractivity contribution in [2.24, 2.45) is 0 Å². The largest absolute Gasteiger partial charge is 0.376 e. The molecule has 2 aromatic carbocycles. The highest BCUT2D eigenvalue weighted by Crippen LogP contribution is 2.30. The van der Waals surface area contributed by atoms with Gasteiger partial charge in [-0.15, -0.1) is 0 Å². The molecule has 0 spiro atoms. The summed E-state index contributed by atoms with van der Waals surface area (Å²) in [6.07, 6.45) is 0. The van der Waals surface area contributed by atoms with Gasteiger partial charge < -0.3 is 5.32 Å². The molecule has 1 atom stereocenters. The average Bonchev–Trinajstić information content (AvgIpc) is 2.38. The van der Waals surface area contributed by atoms with Gasteiger partial charge in [-0.1, -0.05) is 23.2 Å². The minimum absolute atomic E-state index is 0.0941. The van der Waals surface area contributed by atoms with E-state index in [1.165, 1.54) is 6.92 Å². The van der Waals surface area contributed by atoms with Crippen LogP contribution in [-0.2, 0) is 0 Å². The van der Waals surface area contributed by atoms with E-state index in [4.69, 9.17) is 23.2 Å². The Morgan fingerprint density at radius 3 is 2.45 bits per heavy atom. The van der Waals surface area contributed by atoms with E-state index in [0.29, 0.717) is 10.0 Å². The monoisotopic (exact) mass is 315 g/mol. The molecule has 0 aromatic heterocycles. The summed E-state index contributed by atoms with van der Waals surface area (Å²) in [7, 11) is 0. The summed E-state index contributed by atoms with van der Waals surface area (Å²) in [4.78, 5) is 0. The molecule has 0 radical (unpaired) electrons. The fourth-order valence-electron chi connectivity index (χ4n) is 1.91. The van der Waals surface area contributed by atoms with Crippen LogP contribution in [0.4, 0.5) is 14.5 Å². The Bertz CT molecular complexity index is 644. The van der Waals surface area contributed by atoms with Crippen LogP contribution in [0.3, 0.4) is 0 Å². The van der Waals surface area contributed by atoms with Gasteiger partial charge in [-0.05, 0) is 49.2 Å². The Balaban J connectivity index is 2.30. The summed E-state index contributed by atoms with van der Waals surface area (Å²) < 4.78 is 27.3. The smallest absolute Gasteiger partial charge is 0.146 e. The zero-order chi connectivity index (χ0) is 14.9. The van der Waals surface area contributed by atoms with Crippen molar-refractivity contribution in [1.82, 2.24) is 0 Å². The van der Waals surface area contributed by atoms with E-state index in [1.54, 1.807) is 25.1 Å². The van der Waals surface area contributed by atoms with Crippen molar-refractivity contribution in [3.05, 3.63) is 63.1 Å². The van der Waals surface area contributed by atoms with E-state index < -0.39 is 11.6 Å². The highest BCUT2D eigenvalue weighted by atomic mass is 35.5. The molecule has 0 saturated heterocycles. The maximum absolute atomic E-state index is 13.8. The maximum atomic E-state index is 13.8. The van der Waals surface area contributed by atoms with Crippen molar-refractivity contribution in [3.8, 4) is 0 Å². The molecule has 2 rings (SSSR count). The number of benzene rings is 2. The third-order valence-corrected chi connectivity index (χ3v) is 3.62. The standard InChI is InChI=1S/C15H13Cl2F2N/c1-8-5-14(19)15(7-13(8)18)20-9(2)11-6-10(16)3-4-12(11)17/h3-7,9,20H,1-2H3. The average molecular weight is 316 g/mol. The van der Waals surface area contributed by atoms with Gasteiger partial charge in [0.25, 0.3) is 0 Å². The second kappa shape index (κ2) is 5.98. The predicted molar refractivity (Wildman–Crippen MR) is 79.6 cm³/mol. The van der Waals surface area contributed by atoms with Crippen LogP contribution in [0.15, 0.2) is 30.3 Å². The second-order valence-corrected chi connectivity index (χ2v) is 5.46. The number of halogens is 4. The molecule has 0 aliphatic heterocycles. The molecule has 0 aliphatic rings. The number of anilines is 1. The highest BCUT2D eigenvalue weighted by molar-refractivity contribution is 6.33. The van der Waals surface area contributed by atoms with Gasteiger partial charge in [-0.25, -0.2) is 8.78 Å². The third-order valence-electron chi connectivity index (χ3n) is 3.04. The van der Waals surface area contributed by atoms with E-state index >= 15 is 0 Å². The van der Waals surface area contributed by atoms with E-state index in [2.05, 4.69) is 5.32 Å². The van der Waals surface area contributed by atoms with Crippen molar-refractivity contribution in [1.29, 1.82) is 0 Å². The Labute approximate surface area is 126 Å². The molecule has 106 valence electrons. The molecule has 0 aliphatic carbocycles. The molecule has 0 saturated carbocycles. The lowest BCUT2D eigenvalue weighted by atomic mass is 10.1. The number of rotatable bonds is 3. The highest BCUT2D eigenvalue weighted by Gasteiger charge is 2.14. The third kappa shape index (κ3) is 3.22. The van der Waals surface area contributed by atoms with Crippen molar-refractivity contribution < 1.29 is 8.78 Å². The van der Waals surface area contributed by atoms with Gasteiger partial charge in [0, 0.05) is 16.1 Å². The number of aryl methyl sites for hydroxylation is 1. The van der Waals surface area contributed by atoms with Gasteiger partial charge in [0.1, 0.15) is 11.6 Å². The first kappa shape index (κ1) is 15.1. The fraction of sp³-hybridized carbons (Fsp3) is 0.200. The van der Waals surface area contributed by atoms with Crippen molar-refractivity contribution in [2.75, 3.05) is 5.32 Å². The molecule has 20 heavy (non-hydrogen) atoms. The maximum Gasteiger partial charge on any atom is 0.146 e. The summed E-state index contributed by atoms with van der Waals surface area (Å²) in [5.74, 6) is -0.966. The van der Waals surface area contributed by atoms with Crippen LogP contribution in [-0.4, -0.2) is 0 Å². The van der Waals surface area contributed by atoms with Gasteiger partial charge >= 0.3 is 0 Å². The van der Waals surface area contributed by atoms with Gasteiger partial charge in [-0.2, -0.15) is 0 Å². The quantitative estimate of drug-likeness (QED) is 0.760. The van der Waals surface area contributed by atoms with Crippen LogP contribution in [0.5, 0.6) is 0 Å². The Morgan fingerprint density at radius 1 is 1.05 bits per heavy atom. The summed E-state index contributed by atoms with van der Waals surface area (Å²) in [6, 6.07) is 7.03. The summed E-state index contributed by atoms with van der Waals surface area (Å²) >= 11 is 12.0. The molecule has 0 heterocycles. The van der Waals surface area contributed by atoms with E-state index in [-0.39, 0.29) is 17.3 Å². The van der Waals surface area contributed by atoms with Crippen LogP contribution < -0.4 is 5.32 Å². The first-order valence-corrected chi connectivity index (χ1v) is 6.81. The first-order valence-electron chi connectivity index (χ1n) is 6.05. The Hall–Kier alpha value is -1.32. The predicted octanol–water partition coefficient (Wildman–Crippen LogP) is 5.75. The fourth-order valence-corrected chi connectivity index (χ4v) is 2.38. The SMILES string of the molecule is Cc1cc(F)c(NC(C)c2cc(Cl)ccc2Cl)cc1F. The zero-order valence-electron chi connectivity index (χ0n) is 11.0. The number of hydrogen-bond donors (Lipinski definition) is 1. The molecule has 5 heteroatoms. The normalized spacial score (nSPS) is 12.3. The van der Waals surface area contributed by atoms with Crippen molar-refractivity contribution in [2.45, 2.75) is 19.9 Å². The van der Waals surface area contributed by atoms with Gasteiger partial charge in [0.15, 0.2) is 0 Å². The van der Waals surface area contributed by atoms with Crippen LogP contribution in [0.25, 0.3) is 0 Å². The lowest BCUT2D eigenvalue weighted by molar-refractivity contribution is 0.593.